The summed E-state index contributed by atoms with van der Waals surface area (Å²) in [7, 11) is 1.78. The molecule has 1 aromatic heterocycles. The molecule has 2 rings (SSSR count). The van der Waals surface area contributed by atoms with Crippen LogP contribution < -0.4 is 10.6 Å². The van der Waals surface area contributed by atoms with Crippen LogP contribution in [0.5, 0.6) is 0 Å². The molecule has 0 bridgehead atoms. The molecule has 0 aliphatic heterocycles. The molecule has 2 aromatic rings. The first-order chi connectivity index (χ1) is 10.6. The first-order valence-electron chi connectivity index (χ1n) is 7.25. The summed E-state index contributed by atoms with van der Waals surface area (Å²) in [6.07, 6.45) is 2.98. The van der Waals surface area contributed by atoms with Crippen molar-refractivity contribution in [3.8, 4) is 0 Å². The lowest BCUT2D eigenvalue weighted by molar-refractivity contribution is 0.802. The molecule has 7 heteroatoms. The maximum atomic E-state index is 4.40. The Morgan fingerprint density at radius 2 is 2.04 bits per heavy atom. The minimum Gasteiger partial charge on any atom is -0.352 e. The maximum Gasteiger partial charge on any atom is 0.191 e. The third-order valence-corrected chi connectivity index (χ3v) is 4.97. The summed E-state index contributed by atoms with van der Waals surface area (Å²) in [5.41, 5.74) is 2.51. The Bertz CT molecular complexity index is 657. The number of guanidine groups is 1. The van der Waals surface area contributed by atoms with Crippen LogP contribution in [0, 0.1) is 6.92 Å². The van der Waals surface area contributed by atoms with Crippen molar-refractivity contribution in [2.45, 2.75) is 33.4 Å². The average molecular weight is 509 g/mol. The number of aromatic nitrogens is 1. The van der Waals surface area contributed by atoms with Gasteiger partial charge in [0.25, 0.3) is 0 Å². The predicted molar refractivity (Wildman–Crippen MR) is 113 cm³/mol. The summed E-state index contributed by atoms with van der Waals surface area (Å²) in [6.45, 7) is 5.70. The molecule has 0 atom stereocenters. The summed E-state index contributed by atoms with van der Waals surface area (Å²) < 4.78 is 1.10. The lowest BCUT2D eigenvalue weighted by atomic mass is 10.1. The van der Waals surface area contributed by atoms with Gasteiger partial charge in [0.2, 0.25) is 0 Å². The molecule has 1 heterocycles. The van der Waals surface area contributed by atoms with Crippen LogP contribution in [0.4, 0.5) is 0 Å². The fourth-order valence-electron chi connectivity index (χ4n) is 2.01. The topological polar surface area (TPSA) is 49.3 Å². The van der Waals surface area contributed by atoms with Crippen molar-refractivity contribution in [3.63, 3.8) is 0 Å². The second-order valence-electron chi connectivity index (χ2n) is 4.92. The van der Waals surface area contributed by atoms with Crippen LogP contribution in [0.25, 0.3) is 0 Å². The van der Waals surface area contributed by atoms with Crippen LogP contribution in [-0.4, -0.2) is 18.0 Å². The molecule has 23 heavy (non-hydrogen) atoms. The molecule has 0 unspecified atom stereocenters. The smallest absolute Gasteiger partial charge is 0.191 e. The van der Waals surface area contributed by atoms with Gasteiger partial charge >= 0.3 is 0 Å². The van der Waals surface area contributed by atoms with Crippen molar-refractivity contribution in [3.05, 3.63) is 49.9 Å². The zero-order valence-corrected chi connectivity index (χ0v) is 18.3. The normalized spacial score (nSPS) is 11.0. The van der Waals surface area contributed by atoms with Gasteiger partial charge in [0.15, 0.2) is 5.96 Å². The van der Waals surface area contributed by atoms with E-state index in [2.05, 4.69) is 68.6 Å². The summed E-state index contributed by atoms with van der Waals surface area (Å²) in [5.74, 6) is 0.788. The molecule has 4 nitrogen and oxygen atoms in total. The molecule has 126 valence electrons. The van der Waals surface area contributed by atoms with Gasteiger partial charge in [-0.2, -0.15) is 0 Å². The van der Waals surface area contributed by atoms with E-state index in [1.807, 2.05) is 6.20 Å². The monoisotopic (exact) mass is 508 g/mol. The van der Waals surface area contributed by atoms with Crippen molar-refractivity contribution in [1.82, 2.24) is 15.6 Å². The molecular weight excluding hydrogens is 487 g/mol. The van der Waals surface area contributed by atoms with E-state index in [0.29, 0.717) is 6.54 Å². The van der Waals surface area contributed by atoms with Gasteiger partial charge < -0.3 is 10.6 Å². The van der Waals surface area contributed by atoms with Crippen LogP contribution in [0.15, 0.2) is 33.9 Å². The molecular formula is C16H22BrIN4S. The quantitative estimate of drug-likeness (QED) is 0.360. The number of nitrogens with one attached hydrogen (secondary N) is 2. The molecule has 2 N–H and O–H groups in total. The van der Waals surface area contributed by atoms with Crippen LogP contribution in [0.1, 0.15) is 27.9 Å². The highest BCUT2D eigenvalue weighted by Crippen LogP contribution is 2.15. The van der Waals surface area contributed by atoms with Gasteiger partial charge in [0.1, 0.15) is 5.01 Å². The van der Waals surface area contributed by atoms with Gasteiger partial charge in [0.05, 0.1) is 6.54 Å². The van der Waals surface area contributed by atoms with Crippen molar-refractivity contribution < 1.29 is 0 Å². The molecule has 0 spiro atoms. The highest BCUT2D eigenvalue weighted by Gasteiger charge is 2.04. The van der Waals surface area contributed by atoms with E-state index in [1.165, 1.54) is 16.0 Å². The van der Waals surface area contributed by atoms with Gasteiger partial charge in [-0.05, 0) is 36.6 Å². The summed E-state index contributed by atoms with van der Waals surface area (Å²) in [6, 6.07) is 6.30. The second kappa shape index (κ2) is 10.2. The van der Waals surface area contributed by atoms with Gasteiger partial charge in [-0.25, -0.2) is 4.98 Å². The molecule has 0 amide bonds. The van der Waals surface area contributed by atoms with E-state index < -0.39 is 0 Å². The number of rotatable bonds is 5. The van der Waals surface area contributed by atoms with E-state index in [-0.39, 0.29) is 24.0 Å². The molecule has 0 saturated carbocycles. The van der Waals surface area contributed by atoms with Gasteiger partial charge in [-0.15, -0.1) is 35.3 Å². The minimum atomic E-state index is 0. The van der Waals surface area contributed by atoms with Crippen molar-refractivity contribution in [2.24, 2.45) is 4.99 Å². The number of halogens is 2. The number of thiazole rings is 1. The zero-order valence-electron chi connectivity index (χ0n) is 13.5. The third kappa shape index (κ3) is 6.39. The first kappa shape index (κ1) is 20.4. The Morgan fingerprint density at radius 1 is 1.30 bits per heavy atom. The molecule has 0 fully saturated rings. The summed E-state index contributed by atoms with van der Waals surface area (Å²) in [4.78, 5) is 9.97. The van der Waals surface area contributed by atoms with Crippen LogP contribution in [-0.2, 0) is 19.5 Å². The van der Waals surface area contributed by atoms with E-state index in [0.717, 1.165) is 28.4 Å². The van der Waals surface area contributed by atoms with Crippen molar-refractivity contribution >= 4 is 57.2 Å². The first-order valence-corrected chi connectivity index (χ1v) is 8.86. The van der Waals surface area contributed by atoms with Crippen molar-refractivity contribution in [2.75, 3.05) is 7.05 Å². The highest BCUT2D eigenvalue weighted by molar-refractivity contribution is 14.0. The van der Waals surface area contributed by atoms with Crippen LogP contribution in [0.3, 0.4) is 0 Å². The summed E-state index contributed by atoms with van der Waals surface area (Å²) in [5, 5.41) is 7.72. The van der Waals surface area contributed by atoms with Crippen LogP contribution in [0.2, 0.25) is 0 Å². The molecule has 0 saturated heterocycles. The third-order valence-electron chi connectivity index (χ3n) is 3.33. The van der Waals surface area contributed by atoms with Gasteiger partial charge in [0, 0.05) is 29.1 Å². The summed E-state index contributed by atoms with van der Waals surface area (Å²) >= 11 is 5.23. The Labute approximate surface area is 167 Å². The van der Waals surface area contributed by atoms with Gasteiger partial charge in [-0.1, -0.05) is 28.9 Å². The number of nitrogens with zero attached hydrogens (tertiary/aromatic N) is 2. The number of aryl methyl sites for hydroxylation is 2. The second-order valence-corrected chi connectivity index (χ2v) is 7.04. The predicted octanol–water partition coefficient (Wildman–Crippen LogP) is 4.26. The Hall–Kier alpha value is -0.670. The van der Waals surface area contributed by atoms with E-state index in [9.17, 15) is 0 Å². The van der Waals surface area contributed by atoms with E-state index in [1.54, 1.807) is 18.4 Å². The Kier molecular flexibility index (Phi) is 9.08. The Morgan fingerprint density at radius 3 is 2.65 bits per heavy atom. The zero-order chi connectivity index (χ0) is 15.9. The highest BCUT2D eigenvalue weighted by atomic mass is 127. The fourth-order valence-corrected chi connectivity index (χ4v) is 3.29. The van der Waals surface area contributed by atoms with E-state index >= 15 is 0 Å². The number of benzene rings is 1. The largest absolute Gasteiger partial charge is 0.352 e. The number of hydrogen-bond acceptors (Lipinski definition) is 3. The number of aliphatic imine (C=N–C) groups is 1. The molecule has 1 aromatic carbocycles. The average Bonchev–Trinajstić information content (AvgIpc) is 2.97. The lowest BCUT2D eigenvalue weighted by Gasteiger charge is -2.12. The minimum absolute atomic E-state index is 0. The van der Waals surface area contributed by atoms with Crippen LogP contribution >= 0.6 is 51.2 Å². The maximum absolute atomic E-state index is 4.40. The molecule has 0 aliphatic carbocycles. The Balaban J connectivity index is 0.00000264. The SMILES string of the molecule is CCc1cnc(CNC(=NC)NCc2ccc(Br)cc2C)s1.I. The van der Waals surface area contributed by atoms with Crippen molar-refractivity contribution in [1.29, 1.82) is 0 Å². The molecule has 0 aliphatic rings. The molecule has 0 radical (unpaired) electrons. The standard InChI is InChI=1S/C16H21BrN4S.HI/c1-4-14-9-19-15(22-14)10-21-16(18-3)20-8-12-5-6-13(17)7-11(12)2;/h5-7,9H,4,8,10H2,1-3H3,(H2,18,20,21);1H. The van der Waals surface area contributed by atoms with Gasteiger partial charge in [-0.3, -0.25) is 4.99 Å². The lowest BCUT2D eigenvalue weighted by Crippen LogP contribution is -2.36. The fraction of sp³-hybridized carbons (Fsp3) is 0.375. The number of hydrogen-bond donors (Lipinski definition) is 2. The van der Waals surface area contributed by atoms with E-state index in [4.69, 9.17) is 0 Å².